The monoisotopic (exact) mass is 326 g/mol. The number of hydrogen-bond donors (Lipinski definition) is 2. The van der Waals surface area contributed by atoms with E-state index in [1.807, 2.05) is 6.92 Å². The molecule has 4 nitrogen and oxygen atoms in total. The van der Waals surface area contributed by atoms with E-state index in [1.165, 1.54) is 4.90 Å². The molecular formula is C12H11BrN2O2S. The summed E-state index contributed by atoms with van der Waals surface area (Å²) in [7, 11) is 0. The van der Waals surface area contributed by atoms with Gasteiger partial charge in [-0.15, -0.1) is 0 Å². The second kappa shape index (κ2) is 5.07. The van der Waals surface area contributed by atoms with Crippen molar-refractivity contribution in [2.75, 3.05) is 6.54 Å². The molecule has 1 aromatic rings. The molecule has 0 saturated carbocycles. The normalized spacial score (nSPS) is 17.4. The zero-order chi connectivity index (χ0) is 13.3. The number of nitrogens with zero attached hydrogens (tertiary/aromatic N) is 1. The van der Waals surface area contributed by atoms with Crippen LogP contribution < -0.4 is 5.32 Å². The molecule has 0 aliphatic carbocycles. The Morgan fingerprint density at radius 1 is 1.56 bits per heavy atom. The third-order valence-corrected chi connectivity index (χ3v) is 3.38. The third kappa shape index (κ3) is 2.39. The van der Waals surface area contributed by atoms with E-state index in [2.05, 4.69) is 21.2 Å². The lowest BCUT2D eigenvalue weighted by Gasteiger charge is -2.08. The number of aromatic hydroxyl groups is 1. The van der Waals surface area contributed by atoms with Crippen LogP contribution in [0.4, 0.5) is 0 Å². The fraction of sp³-hybridized carbons (Fsp3) is 0.167. The minimum Gasteiger partial charge on any atom is -0.507 e. The molecule has 1 aliphatic heterocycles. The summed E-state index contributed by atoms with van der Waals surface area (Å²) in [6.45, 7) is 2.37. The first-order chi connectivity index (χ1) is 8.52. The van der Waals surface area contributed by atoms with E-state index in [0.717, 1.165) is 4.47 Å². The van der Waals surface area contributed by atoms with Gasteiger partial charge >= 0.3 is 0 Å². The number of phenolic OH excluding ortho intramolecular Hbond substituents is 1. The van der Waals surface area contributed by atoms with E-state index in [9.17, 15) is 9.90 Å². The Morgan fingerprint density at radius 2 is 2.28 bits per heavy atom. The summed E-state index contributed by atoms with van der Waals surface area (Å²) >= 11 is 8.37. The highest BCUT2D eigenvalue weighted by Gasteiger charge is 2.29. The third-order valence-electron chi connectivity index (χ3n) is 2.57. The number of likely N-dealkylation sites (N-methyl/N-ethyl adjacent to an activating group) is 1. The summed E-state index contributed by atoms with van der Waals surface area (Å²) < 4.78 is 0.826. The van der Waals surface area contributed by atoms with Gasteiger partial charge in [-0.2, -0.15) is 0 Å². The fourth-order valence-electron chi connectivity index (χ4n) is 1.66. The van der Waals surface area contributed by atoms with E-state index >= 15 is 0 Å². The molecule has 0 atom stereocenters. The van der Waals surface area contributed by atoms with Crippen LogP contribution in [-0.2, 0) is 4.79 Å². The maximum Gasteiger partial charge on any atom is 0.276 e. The lowest BCUT2D eigenvalue weighted by Crippen LogP contribution is -2.30. The molecule has 2 rings (SSSR count). The molecule has 1 aromatic carbocycles. The van der Waals surface area contributed by atoms with Crippen molar-refractivity contribution >= 4 is 45.2 Å². The maximum atomic E-state index is 12.0. The zero-order valence-corrected chi connectivity index (χ0v) is 12.0. The summed E-state index contributed by atoms with van der Waals surface area (Å²) in [5.74, 6) is -0.0666. The summed E-state index contributed by atoms with van der Waals surface area (Å²) in [6.07, 6.45) is 1.59. The lowest BCUT2D eigenvalue weighted by atomic mass is 10.1. The standard InChI is InChI=1S/C12H11BrN2O2S/c1-2-15-11(17)9(14-12(15)18)6-7-5-8(13)3-4-10(7)16/h3-6,16H,2H2,1H3,(H,14,18)/b9-6-. The Balaban J connectivity index is 2.38. The Hall–Kier alpha value is -1.40. The molecule has 94 valence electrons. The minimum absolute atomic E-state index is 0.112. The van der Waals surface area contributed by atoms with E-state index in [1.54, 1.807) is 24.3 Å². The van der Waals surface area contributed by atoms with Crippen molar-refractivity contribution in [1.29, 1.82) is 0 Å². The summed E-state index contributed by atoms with van der Waals surface area (Å²) in [5, 5.41) is 13.0. The number of halogens is 1. The first kappa shape index (κ1) is 13.0. The van der Waals surface area contributed by atoms with Gasteiger partial charge in [0.15, 0.2) is 5.11 Å². The van der Waals surface area contributed by atoms with Crippen LogP contribution in [0, 0.1) is 0 Å². The highest BCUT2D eigenvalue weighted by Crippen LogP contribution is 2.25. The predicted molar refractivity (Wildman–Crippen MR) is 76.9 cm³/mol. The topological polar surface area (TPSA) is 52.6 Å². The molecule has 1 fully saturated rings. The van der Waals surface area contributed by atoms with Crippen molar-refractivity contribution in [1.82, 2.24) is 10.2 Å². The number of phenols is 1. The van der Waals surface area contributed by atoms with E-state index < -0.39 is 0 Å². The van der Waals surface area contributed by atoms with Gasteiger partial charge in [-0.25, -0.2) is 0 Å². The molecular weight excluding hydrogens is 316 g/mol. The molecule has 0 radical (unpaired) electrons. The zero-order valence-electron chi connectivity index (χ0n) is 9.61. The summed E-state index contributed by atoms with van der Waals surface area (Å²) in [4.78, 5) is 13.4. The molecule has 1 heterocycles. The van der Waals surface area contributed by atoms with Gasteiger partial charge in [0.2, 0.25) is 0 Å². The Bertz CT molecular complexity index is 557. The van der Waals surface area contributed by atoms with Crippen LogP contribution >= 0.6 is 28.1 Å². The van der Waals surface area contributed by atoms with Crippen LogP contribution in [0.1, 0.15) is 12.5 Å². The van der Waals surface area contributed by atoms with Gasteiger partial charge in [-0.3, -0.25) is 9.69 Å². The molecule has 0 aromatic heterocycles. The summed E-state index contributed by atoms with van der Waals surface area (Å²) in [5.41, 5.74) is 0.927. The molecule has 2 N–H and O–H groups in total. The number of rotatable bonds is 2. The Morgan fingerprint density at radius 3 is 2.89 bits per heavy atom. The van der Waals surface area contributed by atoms with Crippen LogP contribution in [-0.4, -0.2) is 27.6 Å². The van der Waals surface area contributed by atoms with Gasteiger partial charge in [0.25, 0.3) is 5.91 Å². The highest BCUT2D eigenvalue weighted by atomic mass is 79.9. The van der Waals surface area contributed by atoms with E-state index in [4.69, 9.17) is 12.2 Å². The number of nitrogens with one attached hydrogen (secondary N) is 1. The second-order valence-corrected chi connectivity index (χ2v) is 5.04. The van der Waals surface area contributed by atoms with E-state index in [-0.39, 0.29) is 11.7 Å². The lowest BCUT2D eigenvalue weighted by molar-refractivity contribution is -0.122. The molecule has 6 heteroatoms. The van der Waals surface area contributed by atoms with Crippen molar-refractivity contribution in [2.24, 2.45) is 0 Å². The first-order valence-electron chi connectivity index (χ1n) is 5.36. The molecule has 1 saturated heterocycles. The number of carbonyl (C=O) groups excluding carboxylic acids is 1. The van der Waals surface area contributed by atoms with Crippen LogP contribution in [0.15, 0.2) is 28.4 Å². The minimum atomic E-state index is -0.179. The van der Waals surface area contributed by atoms with Crippen LogP contribution in [0.25, 0.3) is 6.08 Å². The van der Waals surface area contributed by atoms with Crippen molar-refractivity contribution in [2.45, 2.75) is 6.92 Å². The van der Waals surface area contributed by atoms with Crippen LogP contribution in [0.5, 0.6) is 5.75 Å². The summed E-state index contributed by atoms with van der Waals surface area (Å²) in [6, 6.07) is 5.02. The van der Waals surface area contributed by atoms with Crippen LogP contribution in [0.2, 0.25) is 0 Å². The average molecular weight is 327 g/mol. The number of amides is 1. The van der Waals surface area contributed by atoms with Crippen molar-refractivity contribution in [3.63, 3.8) is 0 Å². The molecule has 18 heavy (non-hydrogen) atoms. The number of benzene rings is 1. The average Bonchev–Trinajstić information content (AvgIpc) is 2.59. The molecule has 1 aliphatic rings. The number of carbonyl (C=O) groups is 1. The van der Waals surface area contributed by atoms with Gasteiger partial charge in [0.1, 0.15) is 11.4 Å². The Kier molecular flexibility index (Phi) is 3.68. The van der Waals surface area contributed by atoms with Crippen molar-refractivity contribution in [3.8, 4) is 5.75 Å². The first-order valence-corrected chi connectivity index (χ1v) is 6.56. The fourth-order valence-corrected chi connectivity index (χ4v) is 2.36. The highest BCUT2D eigenvalue weighted by molar-refractivity contribution is 9.10. The Labute approximate surface area is 118 Å². The molecule has 0 unspecified atom stereocenters. The van der Waals surface area contributed by atoms with Gasteiger partial charge in [-0.1, -0.05) is 15.9 Å². The number of hydrogen-bond acceptors (Lipinski definition) is 3. The largest absolute Gasteiger partial charge is 0.507 e. The molecule has 0 spiro atoms. The molecule has 1 amide bonds. The second-order valence-electron chi connectivity index (χ2n) is 3.74. The number of thiocarbonyl (C=S) groups is 1. The smallest absolute Gasteiger partial charge is 0.276 e. The maximum absolute atomic E-state index is 12.0. The van der Waals surface area contributed by atoms with Gasteiger partial charge in [0, 0.05) is 16.6 Å². The van der Waals surface area contributed by atoms with Crippen molar-refractivity contribution < 1.29 is 9.90 Å². The van der Waals surface area contributed by atoms with Gasteiger partial charge in [0.05, 0.1) is 0 Å². The molecule has 0 bridgehead atoms. The van der Waals surface area contributed by atoms with Crippen molar-refractivity contribution in [3.05, 3.63) is 33.9 Å². The quantitative estimate of drug-likeness (QED) is 0.646. The van der Waals surface area contributed by atoms with Gasteiger partial charge < -0.3 is 10.4 Å². The SMILES string of the molecule is CCN1C(=O)/C(=C/c2cc(Br)ccc2O)NC1=S. The van der Waals surface area contributed by atoms with Gasteiger partial charge in [-0.05, 0) is 43.4 Å². The predicted octanol–water partition coefficient (Wildman–Crippen LogP) is 2.23. The van der Waals surface area contributed by atoms with Crippen LogP contribution in [0.3, 0.4) is 0 Å². The van der Waals surface area contributed by atoms with E-state index in [0.29, 0.717) is 22.9 Å².